The zero-order valence-electron chi connectivity index (χ0n) is 12.1. The molecule has 1 atom stereocenters. The molecule has 6 nitrogen and oxygen atoms in total. The van der Waals surface area contributed by atoms with Crippen LogP contribution in [0.4, 0.5) is 0 Å². The molecule has 6 heteroatoms. The first kappa shape index (κ1) is 14.9. The number of rotatable bonds is 5. The minimum absolute atomic E-state index is 0.0489. The van der Waals surface area contributed by atoms with Gasteiger partial charge >= 0.3 is 0 Å². The fourth-order valence-electron chi connectivity index (χ4n) is 1.98. The quantitative estimate of drug-likeness (QED) is 0.630. The Morgan fingerprint density at radius 1 is 1.43 bits per heavy atom. The number of nitrogens with one attached hydrogen (secondary N) is 2. The molecule has 0 aliphatic carbocycles. The van der Waals surface area contributed by atoms with Crippen molar-refractivity contribution in [3.63, 3.8) is 0 Å². The van der Waals surface area contributed by atoms with E-state index in [1.807, 2.05) is 24.3 Å². The van der Waals surface area contributed by atoms with Crippen LogP contribution in [0.3, 0.4) is 0 Å². The first-order valence-corrected chi connectivity index (χ1v) is 6.85. The second-order valence-corrected chi connectivity index (χ2v) is 4.87. The van der Waals surface area contributed by atoms with Crippen molar-refractivity contribution in [3.8, 4) is 0 Å². The van der Waals surface area contributed by atoms with Gasteiger partial charge in [-0.25, -0.2) is 10.9 Å². The van der Waals surface area contributed by atoms with E-state index in [1.165, 1.54) is 5.56 Å². The molecule has 0 saturated carbocycles. The molecule has 0 unspecified atom stereocenters. The lowest BCUT2D eigenvalue weighted by atomic mass is 10.0. The Balaban J connectivity index is 1.84. The maximum Gasteiger partial charge on any atom is 0.249 e. The van der Waals surface area contributed by atoms with Crippen molar-refractivity contribution >= 4 is 23.7 Å². The highest BCUT2D eigenvalue weighted by atomic mass is 16.2. The fourth-order valence-corrected chi connectivity index (χ4v) is 1.98. The highest BCUT2D eigenvalue weighted by Crippen LogP contribution is 2.11. The first-order chi connectivity index (χ1) is 10.1. The molecule has 110 valence electrons. The minimum atomic E-state index is -0.496. The molecule has 2 rings (SSSR count). The molecule has 2 N–H and O–H groups in total. The van der Waals surface area contributed by atoms with Crippen LogP contribution < -0.4 is 10.9 Å². The number of carbonyl (C=O) groups is 2. The number of hydrogen-bond acceptors (Lipinski definition) is 4. The maximum absolute atomic E-state index is 11.7. The summed E-state index contributed by atoms with van der Waals surface area (Å²) in [4.78, 5) is 23.2. The van der Waals surface area contributed by atoms with Gasteiger partial charge in [-0.1, -0.05) is 31.2 Å². The predicted octanol–water partition coefficient (Wildman–Crippen LogP) is 1.21. The maximum atomic E-state index is 11.7. The summed E-state index contributed by atoms with van der Waals surface area (Å²) < 4.78 is 0. The zero-order valence-corrected chi connectivity index (χ0v) is 12.1. The van der Waals surface area contributed by atoms with Gasteiger partial charge in [0.15, 0.2) is 0 Å². The van der Waals surface area contributed by atoms with E-state index in [4.69, 9.17) is 0 Å². The molecule has 21 heavy (non-hydrogen) atoms. The third-order valence-electron chi connectivity index (χ3n) is 3.34. The molecule has 1 aromatic rings. The van der Waals surface area contributed by atoms with E-state index < -0.39 is 5.92 Å². The number of carbonyl (C=O) groups excluding carboxylic acids is 2. The lowest BCUT2D eigenvalue weighted by Gasteiger charge is -2.05. The van der Waals surface area contributed by atoms with Crippen molar-refractivity contribution in [2.45, 2.75) is 26.7 Å². The average Bonchev–Trinajstić information content (AvgIpc) is 2.80. The first-order valence-electron chi connectivity index (χ1n) is 6.85. The van der Waals surface area contributed by atoms with Crippen molar-refractivity contribution in [1.29, 1.82) is 0 Å². The smallest absolute Gasteiger partial charge is 0.249 e. The molecule has 1 heterocycles. The standard InChI is InChI=1S/C15H18N4O2/c1-3-11-4-6-12(7-5-11)9-16-18-14(20)8-13-10(2)17-19-15(13)21/h4-7,9,13H,3,8H2,1-2H3,(H,18,20)(H,19,21)/b16-9-/t13-/m0/s1. The normalized spacial score (nSPS) is 17.7. The molecule has 0 saturated heterocycles. The van der Waals surface area contributed by atoms with Gasteiger partial charge in [0.25, 0.3) is 0 Å². The summed E-state index contributed by atoms with van der Waals surface area (Å²) in [5, 5.41) is 7.69. The van der Waals surface area contributed by atoms with Gasteiger partial charge in [0.1, 0.15) is 0 Å². The van der Waals surface area contributed by atoms with Gasteiger partial charge in [0.05, 0.1) is 12.1 Å². The molecule has 0 fully saturated rings. The van der Waals surface area contributed by atoms with Crippen molar-refractivity contribution in [3.05, 3.63) is 35.4 Å². The molecule has 0 spiro atoms. The molecule has 1 aliphatic heterocycles. The Bertz CT molecular complexity index is 590. The molecule has 1 aliphatic rings. The Hall–Kier alpha value is -2.50. The Kier molecular flexibility index (Phi) is 4.81. The topological polar surface area (TPSA) is 82.9 Å². The Morgan fingerprint density at radius 3 is 2.71 bits per heavy atom. The summed E-state index contributed by atoms with van der Waals surface area (Å²) in [5.41, 5.74) is 7.55. The van der Waals surface area contributed by atoms with Crippen molar-refractivity contribution in [2.75, 3.05) is 0 Å². The summed E-state index contributed by atoms with van der Waals surface area (Å²) >= 11 is 0. The molecular weight excluding hydrogens is 268 g/mol. The highest BCUT2D eigenvalue weighted by Gasteiger charge is 2.28. The molecule has 2 amide bonds. The van der Waals surface area contributed by atoms with E-state index >= 15 is 0 Å². The van der Waals surface area contributed by atoms with E-state index in [9.17, 15) is 9.59 Å². The number of hydrazone groups is 2. The summed E-state index contributed by atoms with van der Waals surface area (Å²) in [5.74, 6) is -1.06. The van der Waals surface area contributed by atoms with E-state index in [0.717, 1.165) is 12.0 Å². The van der Waals surface area contributed by atoms with Crippen LogP contribution in [0.5, 0.6) is 0 Å². The van der Waals surface area contributed by atoms with E-state index in [2.05, 4.69) is 28.0 Å². The van der Waals surface area contributed by atoms with Gasteiger partial charge in [0, 0.05) is 12.1 Å². The van der Waals surface area contributed by atoms with E-state index in [0.29, 0.717) is 5.71 Å². The predicted molar refractivity (Wildman–Crippen MR) is 80.9 cm³/mol. The van der Waals surface area contributed by atoms with Crippen LogP contribution >= 0.6 is 0 Å². The minimum Gasteiger partial charge on any atom is -0.273 e. The number of amides is 2. The van der Waals surface area contributed by atoms with Crippen LogP contribution in [0.15, 0.2) is 34.5 Å². The Labute approximate surface area is 123 Å². The van der Waals surface area contributed by atoms with Crippen molar-refractivity contribution < 1.29 is 9.59 Å². The van der Waals surface area contributed by atoms with Gasteiger partial charge in [-0.15, -0.1) is 0 Å². The monoisotopic (exact) mass is 286 g/mol. The van der Waals surface area contributed by atoms with Crippen molar-refractivity contribution in [2.24, 2.45) is 16.1 Å². The van der Waals surface area contributed by atoms with E-state index in [-0.39, 0.29) is 18.2 Å². The van der Waals surface area contributed by atoms with Gasteiger partial charge in [-0.05, 0) is 24.5 Å². The lowest BCUT2D eigenvalue weighted by molar-refractivity contribution is -0.127. The lowest BCUT2D eigenvalue weighted by Crippen LogP contribution is -2.29. The summed E-state index contributed by atoms with van der Waals surface area (Å²) in [6.45, 7) is 3.81. The SMILES string of the molecule is CCc1ccc(/C=N\NC(=O)C[C@@H]2C(=O)NN=C2C)cc1. The van der Waals surface area contributed by atoms with E-state index in [1.54, 1.807) is 13.1 Å². The van der Waals surface area contributed by atoms with Gasteiger partial charge in [-0.2, -0.15) is 10.2 Å². The molecule has 0 bridgehead atoms. The summed E-state index contributed by atoms with van der Waals surface area (Å²) in [7, 11) is 0. The van der Waals surface area contributed by atoms with Crippen LogP contribution in [0.1, 0.15) is 31.4 Å². The largest absolute Gasteiger partial charge is 0.273 e. The third kappa shape index (κ3) is 3.98. The van der Waals surface area contributed by atoms with Gasteiger partial charge < -0.3 is 0 Å². The number of hydrogen-bond donors (Lipinski definition) is 2. The summed E-state index contributed by atoms with van der Waals surface area (Å²) in [6, 6.07) is 7.92. The molecule has 1 aromatic carbocycles. The third-order valence-corrected chi connectivity index (χ3v) is 3.34. The number of aryl methyl sites for hydroxylation is 1. The Morgan fingerprint density at radius 2 is 2.14 bits per heavy atom. The second kappa shape index (κ2) is 6.78. The summed E-state index contributed by atoms with van der Waals surface area (Å²) in [6.07, 6.45) is 2.61. The molecule has 0 aromatic heterocycles. The van der Waals surface area contributed by atoms with Crippen LogP contribution in [0.25, 0.3) is 0 Å². The highest BCUT2D eigenvalue weighted by molar-refractivity contribution is 6.09. The number of nitrogens with zero attached hydrogens (tertiary/aromatic N) is 2. The fraction of sp³-hybridized carbons (Fsp3) is 0.333. The molecular formula is C15H18N4O2. The van der Waals surface area contributed by atoms with Crippen LogP contribution in [-0.2, 0) is 16.0 Å². The molecule has 0 radical (unpaired) electrons. The van der Waals surface area contributed by atoms with Crippen LogP contribution in [-0.4, -0.2) is 23.7 Å². The zero-order chi connectivity index (χ0) is 15.2. The number of benzene rings is 1. The van der Waals surface area contributed by atoms with Crippen LogP contribution in [0.2, 0.25) is 0 Å². The second-order valence-electron chi connectivity index (χ2n) is 4.87. The average molecular weight is 286 g/mol. The van der Waals surface area contributed by atoms with Crippen molar-refractivity contribution in [1.82, 2.24) is 10.9 Å². The van der Waals surface area contributed by atoms with Gasteiger partial charge in [-0.3, -0.25) is 9.59 Å². The van der Waals surface area contributed by atoms with Crippen LogP contribution in [0, 0.1) is 5.92 Å². The van der Waals surface area contributed by atoms with Gasteiger partial charge in [0.2, 0.25) is 11.8 Å².